The molecule has 1 aliphatic rings. The van der Waals surface area contributed by atoms with Gasteiger partial charge in [-0.15, -0.1) is 0 Å². The highest BCUT2D eigenvalue weighted by atomic mass is 16.5. The Hall–Kier alpha value is -4.12. The quantitative estimate of drug-likeness (QED) is 0.548. The van der Waals surface area contributed by atoms with Gasteiger partial charge in [0.2, 0.25) is 6.41 Å². The minimum absolute atomic E-state index is 0.0609. The summed E-state index contributed by atoms with van der Waals surface area (Å²) in [5, 5.41) is 4.65. The van der Waals surface area contributed by atoms with Crippen molar-refractivity contribution in [1.29, 1.82) is 0 Å². The van der Waals surface area contributed by atoms with E-state index in [1.165, 1.54) is 7.11 Å². The first kappa shape index (κ1) is 21.6. The molecule has 2 aromatic rings. The van der Waals surface area contributed by atoms with Crippen LogP contribution in [0.3, 0.4) is 0 Å². The lowest BCUT2D eigenvalue weighted by atomic mass is 10.0. The first-order valence-corrected chi connectivity index (χ1v) is 9.45. The molecule has 1 aliphatic heterocycles. The van der Waals surface area contributed by atoms with Crippen molar-refractivity contribution in [3.8, 4) is 17.6 Å². The molecule has 0 spiro atoms. The Kier molecular flexibility index (Phi) is 6.36. The fraction of sp³-hybridized carbons (Fsp3) is 0.217. The lowest BCUT2D eigenvalue weighted by Crippen LogP contribution is -2.55. The van der Waals surface area contributed by atoms with Crippen molar-refractivity contribution < 1.29 is 23.9 Å². The van der Waals surface area contributed by atoms with Crippen LogP contribution < -0.4 is 15.4 Å². The number of fused-ring (bicyclic) bond motifs is 1. The summed E-state index contributed by atoms with van der Waals surface area (Å²) in [6.07, 6.45) is 0.954. The van der Waals surface area contributed by atoms with Gasteiger partial charge in [-0.3, -0.25) is 19.7 Å². The summed E-state index contributed by atoms with van der Waals surface area (Å²) in [5.41, 5.74) is 1.06. The molecule has 0 aromatic heterocycles. The molecule has 1 heterocycles. The number of carbonyl (C=O) groups excluding carboxylic acids is 4. The maximum absolute atomic E-state index is 12.9. The van der Waals surface area contributed by atoms with Gasteiger partial charge < -0.3 is 15.0 Å². The molecule has 2 aromatic carbocycles. The van der Waals surface area contributed by atoms with E-state index < -0.39 is 11.6 Å². The van der Waals surface area contributed by atoms with Crippen molar-refractivity contribution >= 4 is 24.6 Å². The molecule has 0 aliphatic carbocycles. The van der Waals surface area contributed by atoms with Crippen molar-refractivity contribution in [3.05, 3.63) is 64.7 Å². The summed E-state index contributed by atoms with van der Waals surface area (Å²) in [7, 11) is 1.53. The number of carbonyl (C=O) groups is 4. The third-order valence-corrected chi connectivity index (χ3v) is 4.84. The number of benzene rings is 2. The maximum Gasteiger partial charge on any atom is 0.322 e. The van der Waals surface area contributed by atoms with Gasteiger partial charge in [0.25, 0.3) is 5.91 Å². The van der Waals surface area contributed by atoms with Gasteiger partial charge >= 0.3 is 6.03 Å². The van der Waals surface area contributed by atoms with E-state index in [0.717, 1.165) is 5.56 Å². The Morgan fingerprint density at radius 3 is 2.74 bits per heavy atom. The molecular formula is C23H21N3O5. The SMILES string of the molecule is COc1ccc2c(c1)C(=O)N(C[C@@](C)(C#Cc1ccccc1C=O)NC(=O)NC=O)C2. The highest BCUT2D eigenvalue weighted by Crippen LogP contribution is 2.27. The number of nitrogens with zero attached hydrogens (tertiary/aromatic N) is 1. The number of hydrogen-bond acceptors (Lipinski definition) is 5. The van der Waals surface area contributed by atoms with Crippen LogP contribution in [-0.2, 0) is 11.3 Å². The Bertz CT molecular complexity index is 1100. The van der Waals surface area contributed by atoms with Crippen LogP contribution in [0.4, 0.5) is 4.79 Å². The normalized spacial score (nSPS) is 13.9. The molecule has 0 saturated carbocycles. The van der Waals surface area contributed by atoms with Crippen molar-refractivity contribution in [3.63, 3.8) is 0 Å². The number of hydrogen-bond donors (Lipinski definition) is 2. The topological polar surface area (TPSA) is 105 Å². The van der Waals surface area contributed by atoms with Gasteiger partial charge in [0.1, 0.15) is 11.3 Å². The van der Waals surface area contributed by atoms with Gasteiger partial charge in [0.15, 0.2) is 6.29 Å². The standard InChI is InChI=1S/C23H21N3O5/c1-23(25-22(30)24-15-28,10-9-16-5-3-4-6-18(16)13-27)14-26-12-17-7-8-19(31-2)11-20(17)21(26)29/h3-8,11,13,15H,12,14H2,1-2H3,(H2,24,25,28,30)/t23-/m1/s1. The van der Waals surface area contributed by atoms with Gasteiger partial charge in [0.05, 0.1) is 13.7 Å². The molecular weight excluding hydrogens is 398 g/mol. The molecule has 0 radical (unpaired) electrons. The van der Waals surface area contributed by atoms with Crippen LogP contribution >= 0.6 is 0 Å². The second-order valence-electron chi connectivity index (χ2n) is 7.19. The van der Waals surface area contributed by atoms with Crippen LogP contribution in [0.2, 0.25) is 0 Å². The van der Waals surface area contributed by atoms with Crippen molar-refractivity contribution in [2.45, 2.75) is 19.0 Å². The number of aldehydes is 1. The molecule has 8 nitrogen and oxygen atoms in total. The first-order chi connectivity index (χ1) is 14.9. The van der Waals surface area contributed by atoms with Gasteiger partial charge in [-0.05, 0) is 30.7 Å². The summed E-state index contributed by atoms with van der Waals surface area (Å²) in [4.78, 5) is 48.4. The third-order valence-electron chi connectivity index (χ3n) is 4.84. The van der Waals surface area contributed by atoms with Gasteiger partial charge in [0, 0.05) is 23.2 Å². The molecule has 2 N–H and O–H groups in total. The summed E-state index contributed by atoms with van der Waals surface area (Å²) in [6.45, 7) is 2.05. The fourth-order valence-electron chi connectivity index (χ4n) is 3.35. The third kappa shape index (κ3) is 4.90. The van der Waals surface area contributed by atoms with Crippen LogP contribution in [0.15, 0.2) is 42.5 Å². The van der Waals surface area contributed by atoms with Crippen LogP contribution in [-0.4, -0.2) is 48.7 Å². The smallest absolute Gasteiger partial charge is 0.322 e. The maximum atomic E-state index is 12.9. The molecule has 3 rings (SSSR count). The van der Waals surface area contributed by atoms with Gasteiger partial charge in [-0.1, -0.05) is 36.1 Å². The zero-order valence-corrected chi connectivity index (χ0v) is 17.1. The first-order valence-electron chi connectivity index (χ1n) is 9.45. The summed E-state index contributed by atoms with van der Waals surface area (Å²) in [5.74, 6) is 6.23. The number of rotatable bonds is 6. The predicted molar refractivity (Wildman–Crippen MR) is 113 cm³/mol. The Morgan fingerprint density at radius 1 is 1.26 bits per heavy atom. The molecule has 31 heavy (non-hydrogen) atoms. The van der Waals surface area contributed by atoms with Gasteiger partial charge in [-0.25, -0.2) is 4.79 Å². The van der Waals surface area contributed by atoms with Crippen molar-refractivity contribution in [1.82, 2.24) is 15.5 Å². The van der Waals surface area contributed by atoms with E-state index in [9.17, 15) is 19.2 Å². The Morgan fingerprint density at radius 2 is 2.03 bits per heavy atom. The molecule has 1 atom stereocenters. The average molecular weight is 419 g/mol. The number of nitrogens with one attached hydrogen (secondary N) is 2. The molecule has 0 bridgehead atoms. The van der Waals surface area contributed by atoms with E-state index in [1.54, 1.807) is 48.2 Å². The number of amides is 4. The van der Waals surface area contributed by atoms with Crippen LogP contribution in [0, 0.1) is 11.8 Å². The van der Waals surface area contributed by atoms with E-state index in [2.05, 4.69) is 17.2 Å². The Labute approximate surface area is 179 Å². The van der Waals surface area contributed by atoms with Crippen LogP contribution in [0.25, 0.3) is 0 Å². The van der Waals surface area contributed by atoms with Gasteiger partial charge in [-0.2, -0.15) is 0 Å². The Balaban J connectivity index is 1.90. The van der Waals surface area contributed by atoms with E-state index in [4.69, 9.17) is 4.74 Å². The second kappa shape index (κ2) is 9.13. The molecule has 0 saturated heterocycles. The van der Waals surface area contributed by atoms with Crippen molar-refractivity contribution in [2.24, 2.45) is 0 Å². The monoisotopic (exact) mass is 419 g/mol. The predicted octanol–water partition coefficient (Wildman–Crippen LogP) is 1.73. The average Bonchev–Trinajstić information content (AvgIpc) is 3.06. The number of methoxy groups -OCH3 is 1. The number of imide groups is 1. The van der Waals surface area contributed by atoms with E-state index in [1.807, 2.05) is 11.4 Å². The molecule has 8 heteroatoms. The minimum atomic E-state index is -1.20. The number of urea groups is 1. The highest BCUT2D eigenvalue weighted by molar-refractivity contribution is 5.99. The molecule has 0 fully saturated rings. The largest absolute Gasteiger partial charge is 0.497 e. The summed E-state index contributed by atoms with van der Waals surface area (Å²) < 4.78 is 5.19. The summed E-state index contributed by atoms with van der Waals surface area (Å²) in [6, 6.07) is 11.3. The number of ether oxygens (including phenoxy) is 1. The summed E-state index contributed by atoms with van der Waals surface area (Å²) >= 11 is 0. The zero-order chi connectivity index (χ0) is 22.4. The highest BCUT2D eigenvalue weighted by Gasteiger charge is 2.34. The lowest BCUT2D eigenvalue weighted by molar-refractivity contribution is -0.108. The lowest BCUT2D eigenvalue weighted by Gasteiger charge is -2.30. The molecule has 0 unspecified atom stereocenters. The van der Waals surface area contributed by atoms with E-state index in [0.29, 0.717) is 35.3 Å². The van der Waals surface area contributed by atoms with E-state index in [-0.39, 0.29) is 18.9 Å². The second-order valence-corrected chi connectivity index (χ2v) is 7.19. The minimum Gasteiger partial charge on any atom is -0.497 e. The molecule has 158 valence electrons. The fourth-order valence-corrected chi connectivity index (χ4v) is 3.35. The van der Waals surface area contributed by atoms with Crippen molar-refractivity contribution in [2.75, 3.05) is 13.7 Å². The zero-order valence-electron chi connectivity index (χ0n) is 17.1. The van der Waals surface area contributed by atoms with Crippen LogP contribution in [0.1, 0.15) is 38.8 Å². The van der Waals surface area contributed by atoms with E-state index >= 15 is 0 Å². The molecule has 4 amide bonds. The van der Waals surface area contributed by atoms with Crippen LogP contribution in [0.5, 0.6) is 5.75 Å².